The first-order valence-corrected chi connectivity index (χ1v) is 8.36. The molecule has 0 heterocycles. The topological polar surface area (TPSA) is 0 Å². The Morgan fingerprint density at radius 1 is 1.00 bits per heavy atom. The Labute approximate surface area is 76.3 Å². The van der Waals surface area contributed by atoms with Crippen LogP contribution < -0.4 is 0 Å². The molecule has 0 spiro atoms. The summed E-state index contributed by atoms with van der Waals surface area (Å²) in [6.07, 6.45) is 9.56. The Morgan fingerprint density at radius 2 is 1.58 bits per heavy atom. The zero-order chi connectivity index (χ0) is 9.43. The SMILES string of the molecule is Cc1cccc([SH](C)(C)(C)C)c1. The third-order valence-corrected chi connectivity index (χ3v) is 4.38. The van der Waals surface area contributed by atoms with Crippen molar-refractivity contribution in [1.29, 1.82) is 0 Å². The highest BCUT2D eigenvalue weighted by Gasteiger charge is 2.20. The fraction of sp³-hybridized carbons (Fsp3) is 0.455. The molecule has 12 heavy (non-hydrogen) atoms. The summed E-state index contributed by atoms with van der Waals surface area (Å²) in [5, 5.41) is 0. The van der Waals surface area contributed by atoms with Crippen molar-refractivity contribution in [1.82, 2.24) is 0 Å². The van der Waals surface area contributed by atoms with Crippen LogP contribution in [0.5, 0.6) is 0 Å². The molecular formula is C11H20S. The molecule has 0 nitrogen and oxygen atoms in total. The van der Waals surface area contributed by atoms with Gasteiger partial charge in [0.15, 0.2) is 0 Å². The molecule has 0 atom stereocenters. The standard InChI is InChI=1S/C11H20S/c1-10-7-6-8-11(9-10)12(2,3,4)5/h6-9,12H,1-5H3. The molecule has 0 N–H and O–H groups in total. The second-order valence-corrected chi connectivity index (χ2v) is 13.1. The molecule has 0 aromatic heterocycles. The van der Waals surface area contributed by atoms with Crippen LogP contribution in [0.2, 0.25) is 0 Å². The maximum atomic E-state index is 2.39. The zero-order valence-corrected chi connectivity index (χ0v) is 9.65. The lowest BCUT2D eigenvalue weighted by Crippen LogP contribution is -2.10. The molecule has 1 aromatic carbocycles. The zero-order valence-electron chi connectivity index (χ0n) is 8.76. The van der Waals surface area contributed by atoms with E-state index in [1.165, 1.54) is 10.5 Å². The van der Waals surface area contributed by atoms with E-state index in [1.54, 1.807) is 0 Å². The van der Waals surface area contributed by atoms with Crippen molar-refractivity contribution in [2.45, 2.75) is 11.8 Å². The van der Waals surface area contributed by atoms with Crippen LogP contribution in [0.15, 0.2) is 29.2 Å². The highest BCUT2D eigenvalue weighted by molar-refractivity contribution is 8.47. The second kappa shape index (κ2) is 2.53. The molecule has 0 aliphatic rings. The van der Waals surface area contributed by atoms with E-state index < -0.39 is 9.16 Å². The summed E-state index contributed by atoms with van der Waals surface area (Å²) in [7, 11) is -1.52. The summed E-state index contributed by atoms with van der Waals surface area (Å²) in [6, 6.07) is 8.89. The van der Waals surface area contributed by atoms with E-state index in [2.05, 4.69) is 56.2 Å². The molecule has 0 saturated heterocycles. The van der Waals surface area contributed by atoms with Crippen LogP contribution in [-0.4, -0.2) is 25.0 Å². The van der Waals surface area contributed by atoms with Crippen LogP contribution >= 0.6 is 9.16 Å². The molecule has 1 aromatic rings. The van der Waals surface area contributed by atoms with Gasteiger partial charge < -0.3 is 0 Å². The van der Waals surface area contributed by atoms with Crippen LogP contribution in [0.4, 0.5) is 0 Å². The molecule has 0 aliphatic heterocycles. The van der Waals surface area contributed by atoms with E-state index in [0.29, 0.717) is 0 Å². The van der Waals surface area contributed by atoms with Crippen LogP contribution in [0, 0.1) is 6.92 Å². The monoisotopic (exact) mass is 184 g/mol. The van der Waals surface area contributed by atoms with Gasteiger partial charge in [0.1, 0.15) is 0 Å². The number of thiol groups is 1. The molecule has 70 valence electrons. The second-order valence-electron chi connectivity index (χ2n) is 5.42. The number of benzene rings is 1. The largest absolute Gasteiger partial charge is 0.272 e. The Hall–Kier alpha value is -0.430. The van der Waals surface area contributed by atoms with E-state index in [-0.39, 0.29) is 0 Å². The maximum absolute atomic E-state index is 2.39. The van der Waals surface area contributed by atoms with Crippen molar-refractivity contribution in [3.8, 4) is 0 Å². The molecule has 0 fully saturated rings. The fourth-order valence-corrected chi connectivity index (χ4v) is 2.59. The highest BCUT2D eigenvalue weighted by atomic mass is 32.3. The predicted octanol–water partition coefficient (Wildman–Crippen LogP) is 2.95. The lowest BCUT2D eigenvalue weighted by atomic mass is 10.2. The molecule has 1 heteroatoms. The van der Waals surface area contributed by atoms with Gasteiger partial charge in [-0.25, -0.2) is 0 Å². The van der Waals surface area contributed by atoms with E-state index in [1.807, 2.05) is 0 Å². The van der Waals surface area contributed by atoms with Gasteiger partial charge in [-0.15, -0.1) is 0 Å². The van der Waals surface area contributed by atoms with Crippen molar-refractivity contribution in [3.63, 3.8) is 0 Å². The maximum Gasteiger partial charge on any atom is -0.0249 e. The van der Waals surface area contributed by atoms with E-state index >= 15 is 0 Å². The first-order chi connectivity index (χ1) is 5.26. The van der Waals surface area contributed by atoms with E-state index in [0.717, 1.165) is 0 Å². The molecule has 1 rings (SSSR count). The minimum absolute atomic E-state index is 1.37. The first-order valence-electron chi connectivity index (χ1n) is 4.33. The van der Waals surface area contributed by atoms with Crippen molar-refractivity contribution in [2.24, 2.45) is 0 Å². The van der Waals surface area contributed by atoms with E-state index in [4.69, 9.17) is 0 Å². The van der Waals surface area contributed by atoms with Gasteiger partial charge in [0.05, 0.1) is 0 Å². The van der Waals surface area contributed by atoms with Crippen LogP contribution in [-0.2, 0) is 0 Å². The average Bonchev–Trinajstić information content (AvgIpc) is 1.84. The van der Waals surface area contributed by atoms with Gasteiger partial charge in [0.2, 0.25) is 0 Å². The molecule has 0 amide bonds. The lowest BCUT2D eigenvalue weighted by molar-refractivity contribution is 1.33. The van der Waals surface area contributed by atoms with Crippen molar-refractivity contribution >= 4 is 9.16 Å². The molecular weight excluding hydrogens is 164 g/mol. The number of rotatable bonds is 1. The quantitative estimate of drug-likeness (QED) is 0.637. The van der Waals surface area contributed by atoms with Crippen molar-refractivity contribution in [2.75, 3.05) is 25.0 Å². The van der Waals surface area contributed by atoms with E-state index in [9.17, 15) is 0 Å². The Kier molecular flexibility index (Phi) is 2.03. The van der Waals surface area contributed by atoms with Gasteiger partial charge in [-0.1, -0.05) is 23.8 Å². The Bertz CT molecular complexity index is 282. The summed E-state index contributed by atoms with van der Waals surface area (Å²) >= 11 is 0. The summed E-state index contributed by atoms with van der Waals surface area (Å²) in [5.74, 6) is 0. The van der Waals surface area contributed by atoms with Gasteiger partial charge in [-0.05, 0) is 42.9 Å². The number of aryl methyl sites for hydroxylation is 1. The minimum Gasteiger partial charge on any atom is -0.272 e. The lowest BCUT2D eigenvalue weighted by Gasteiger charge is -2.47. The van der Waals surface area contributed by atoms with Crippen molar-refractivity contribution in [3.05, 3.63) is 29.8 Å². The van der Waals surface area contributed by atoms with Crippen LogP contribution in [0.1, 0.15) is 5.56 Å². The van der Waals surface area contributed by atoms with Gasteiger partial charge in [0, 0.05) is 0 Å². The van der Waals surface area contributed by atoms with Gasteiger partial charge in [0.25, 0.3) is 0 Å². The average molecular weight is 184 g/mol. The summed E-state index contributed by atoms with van der Waals surface area (Å²) in [6.45, 7) is 2.16. The van der Waals surface area contributed by atoms with Crippen LogP contribution in [0.25, 0.3) is 0 Å². The summed E-state index contributed by atoms with van der Waals surface area (Å²) in [5.41, 5.74) is 1.37. The Morgan fingerprint density at radius 3 is 1.92 bits per heavy atom. The fourth-order valence-electron chi connectivity index (χ4n) is 1.18. The van der Waals surface area contributed by atoms with Gasteiger partial charge >= 0.3 is 0 Å². The first kappa shape index (κ1) is 9.66. The molecule has 0 unspecified atom stereocenters. The summed E-state index contributed by atoms with van der Waals surface area (Å²) < 4.78 is 0. The predicted molar refractivity (Wildman–Crippen MR) is 62.1 cm³/mol. The third-order valence-electron chi connectivity index (χ3n) is 2.03. The minimum atomic E-state index is -1.52. The molecule has 0 bridgehead atoms. The molecule has 0 radical (unpaired) electrons. The Balaban J connectivity index is 3.22. The molecule has 0 saturated carbocycles. The normalized spacial score (nSPS) is 15.2. The smallest absolute Gasteiger partial charge is 0.0249 e. The highest BCUT2D eigenvalue weighted by Crippen LogP contribution is 2.63. The third kappa shape index (κ3) is 2.28. The van der Waals surface area contributed by atoms with Crippen LogP contribution in [0.3, 0.4) is 0 Å². The number of hydrogen-bond donors (Lipinski definition) is 1. The molecule has 0 aliphatic carbocycles. The van der Waals surface area contributed by atoms with Crippen molar-refractivity contribution < 1.29 is 0 Å². The van der Waals surface area contributed by atoms with Gasteiger partial charge in [-0.3, -0.25) is 9.16 Å². The van der Waals surface area contributed by atoms with Gasteiger partial charge in [-0.2, -0.15) is 0 Å². The summed E-state index contributed by atoms with van der Waals surface area (Å²) in [4.78, 5) is 1.53. The number of hydrogen-bond acceptors (Lipinski definition) is 0.